The molecule has 0 aliphatic heterocycles. The summed E-state index contributed by atoms with van der Waals surface area (Å²) in [5.41, 5.74) is 1.01. The van der Waals surface area contributed by atoms with Gasteiger partial charge in [0.25, 0.3) is 0 Å². The Labute approximate surface area is 135 Å². The van der Waals surface area contributed by atoms with E-state index in [0.717, 1.165) is 23.8 Å². The molecule has 5 nitrogen and oxygen atoms in total. The van der Waals surface area contributed by atoms with Crippen LogP contribution in [0.1, 0.15) is 12.5 Å². The van der Waals surface area contributed by atoms with E-state index in [4.69, 9.17) is 0 Å². The van der Waals surface area contributed by atoms with Crippen LogP contribution in [-0.2, 0) is 11.3 Å². The fourth-order valence-corrected chi connectivity index (χ4v) is 1.56. The van der Waals surface area contributed by atoms with E-state index < -0.39 is 11.6 Å². The quantitative estimate of drug-likeness (QED) is 0.475. The Bertz CT molecular complexity index is 600. The zero-order chi connectivity index (χ0) is 17.4. The molecule has 0 radical (unpaired) electrons. The highest BCUT2D eigenvalue weighted by Crippen LogP contribution is 2.10. The second-order valence-corrected chi connectivity index (χ2v) is 5.35. The molecule has 1 aromatic rings. The van der Waals surface area contributed by atoms with Gasteiger partial charge in [-0.25, -0.2) is 13.8 Å². The molecule has 126 valence electrons. The molecule has 0 fully saturated rings. The summed E-state index contributed by atoms with van der Waals surface area (Å²) in [6, 6.07) is 3.21. The lowest BCUT2D eigenvalue weighted by Crippen LogP contribution is -2.43. The van der Waals surface area contributed by atoms with E-state index in [2.05, 4.69) is 22.2 Å². The SMILES string of the molecule is C=C(C)CNC(=NCc1cc(F)ccc1F)NCC(=O)N(C)C. The monoisotopic (exact) mass is 324 g/mol. The van der Waals surface area contributed by atoms with Crippen LogP contribution >= 0.6 is 0 Å². The Morgan fingerprint density at radius 3 is 2.52 bits per heavy atom. The smallest absolute Gasteiger partial charge is 0.241 e. The Morgan fingerprint density at radius 2 is 1.91 bits per heavy atom. The number of amides is 1. The standard InChI is InChI=1S/C16H22F2N4O/c1-11(2)8-19-16(21-10-15(23)22(3)4)20-9-12-7-13(17)5-6-14(12)18/h5-7H,1,8-10H2,2-4H3,(H2,19,20,21). The van der Waals surface area contributed by atoms with Crippen molar-refractivity contribution in [2.75, 3.05) is 27.2 Å². The first-order valence-electron chi connectivity index (χ1n) is 7.10. The Kier molecular flexibility index (Phi) is 7.18. The molecule has 1 rings (SSSR count). The van der Waals surface area contributed by atoms with Gasteiger partial charge >= 0.3 is 0 Å². The highest BCUT2D eigenvalue weighted by molar-refractivity contribution is 5.86. The number of carbonyl (C=O) groups is 1. The van der Waals surface area contributed by atoms with Crippen LogP contribution < -0.4 is 10.6 Å². The van der Waals surface area contributed by atoms with Crippen LogP contribution in [0.3, 0.4) is 0 Å². The maximum absolute atomic E-state index is 13.6. The summed E-state index contributed by atoms with van der Waals surface area (Å²) in [7, 11) is 3.29. The summed E-state index contributed by atoms with van der Waals surface area (Å²) in [6.45, 7) is 6.04. The lowest BCUT2D eigenvalue weighted by Gasteiger charge is -2.15. The van der Waals surface area contributed by atoms with Gasteiger partial charge in [-0.05, 0) is 25.1 Å². The third-order valence-corrected chi connectivity index (χ3v) is 2.88. The molecule has 0 aliphatic carbocycles. The van der Waals surface area contributed by atoms with Gasteiger partial charge in [0.1, 0.15) is 11.6 Å². The van der Waals surface area contributed by atoms with E-state index in [1.807, 2.05) is 6.92 Å². The summed E-state index contributed by atoms with van der Waals surface area (Å²) in [4.78, 5) is 17.2. The molecule has 0 aromatic heterocycles. The van der Waals surface area contributed by atoms with Gasteiger partial charge in [0.05, 0.1) is 13.1 Å². The second kappa shape index (κ2) is 8.87. The molecule has 0 saturated heterocycles. The van der Waals surface area contributed by atoms with Crippen molar-refractivity contribution in [3.8, 4) is 0 Å². The van der Waals surface area contributed by atoms with Crippen LogP contribution in [0.2, 0.25) is 0 Å². The van der Waals surface area contributed by atoms with E-state index in [0.29, 0.717) is 12.5 Å². The number of likely N-dealkylation sites (N-methyl/N-ethyl adjacent to an activating group) is 1. The molecule has 0 bridgehead atoms. The van der Waals surface area contributed by atoms with Crippen molar-refractivity contribution in [1.82, 2.24) is 15.5 Å². The largest absolute Gasteiger partial charge is 0.353 e. The van der Waals surface area contributed by atoms with Crippen LogP contribution in [-0.4, -0.2) is 44.0 Å². The minimum Gasteiger partial charge on any atom is -0.353 e. The molecule has 0 saturated carbocycles. The summed E-state index contributed by atoms with van der Waals surface area (Å²) < 4.78 is 26.8. The molecular weight excluding hydrogens is 302 g/mol. The summed E-state index contributed by atoms with van der Waals surface area (Å²) in [5, 5.41) is 5.82. The first kappa shape index (κ1) is 18.6. The summed E-state index contributed by atoms with van der Waals surface area (Å²) >= 11 is 0. The minimum atomic E-state index is -0.529. The molecule has 0 heterocycles. The maximum atomic E-state index is 13.6. The van der Waals surface area contributed by atoms with Crippen LogP contribution in [0.25, 0.3) is 0 Å². The number of nitrogens with zero attached hydrogens (tertiary/aromatic N) is 2. The van der Waals surface area contributed by atoms with E-state index in [9.17, 15) is 13.6 Å². The van der Waals surface area contributed by atoms with Crippen molar-refractivity contribution in [3.05, 3.63) is 47.5 Å². The summed E-state index contributed by atoms with van der Waals surface area (Å²) in [6.07, 6.45) is 0. The van der Waals surface area contributed by atoms with Crippen molar-refractivity contribution in [2.45, 2.75) is 13.5 Å². The lowest BCUT2D eigenvalue weighted by atomic mass is 10.2. The van der Waals surface area contributed by atoms with Crippen LogP contribution in [0.15, 0.2) is 35.3 Å². The molecule has 0 spiro atoms. The molecule has 0 aliphatic rings. The van der Waals surface area contributed by atoms with E-state index in [1.54, 1.807) is 14.1 Å². The average molecular weight is 324 g/mol. The van der Waals surface area contributed by atoms with Gasteiger partial charge in [-0.15, -0.1) is 0 Å². The Hall–Kier alpha value is -2.44. The highest BCUT2D eigenvalue weighted by atomic mass is 19.1. The van der Waals surface area contributed by atoms with Gasteiger partial charge in [-0.1, -0.05) is 12.2 Å². The number of aliphatic imine (C=N–C) groups is 1. The van der Waals surface area contributed by atoms with Crippen molar-refractivity contribution < 1.29 is 13.6 Å². The number of nitrogens with one attached hydrogen (secondary N) is 2. The molecule has 7 heteroatoms. The molecule has 1 aromatic carbocycles. The number of benzene rings is 1. The predicted molar refractivity (Wildman–Crippen MR) is 87.0 cm³/mol. The molecular formula is C16H22F2N4O. The predicted octanol–water partition coefficient (Wildman–Crippen LogP) is 1.66. The normalized spacial score (nSPS) is 11.1. The minimum absolute atomic E-state index is 0.0423. The first-order chi connectivity index (χ1) is 10.8. The van der Waals surface area contributed by atoms with Crippen LogP contribution in [0, 0.1) is 11.6 Å². The molecule has 1 amide bonds. The number of hydrogen-bond acceptors (Lipinski definition) is 2. The number of guanidine groups is 1. The highest BCUT2D eigenvalue weighted by Gasteiger charge is 2.07. The van der Waals surface area contributed by atoms with Gasteiger partial charge in [-0.2, -0.15) is 0 Å². The van der Waals surface area contributed by atoms with E-state index in [-0.39, 0.29) is 24.6 Å². The van der Waals surface area contributed by atoms with Crippen molar-refractivity contribution in [1.29, 1.82) is 0 Å². The zero-order valence-corrected chi connectivity index (χ0v) is 13.6. The molecule has 0 atom stereocenters. The van der Waals surface area contributed by atoms with Gasteiger partial charge in [0.2, 0.25) is 5.91 Å². The molecule has 23 heavy (non-hydrogen) atoms. The zero-order valence-electron chi connectivity index (χ0n) is 13.6. The van der Waals surface area contributed by atoms with Gasteiger partial charge in [0, 0.05) is 26.2 Å². The van der Waals surface area contributed by atoms with Crippen LogP contribution in [0.4, 0.5) is 8.78 Å². The number of halogens is 2. The first-order valence-corrected chi connectivity index (χ1v) is 7.10. The number of rotatable bonds is 6. The maximum Gasteiger partial charge on any atom is 0.241 e. The van der Waals surface area contributed by atoms with Crippen molar-refractivity contribution in [3.63, 3.8) is 0 Å². The van der Waals surface area contributed by atoms with Crippen molar-refractivity contribution >= 4 is 11.9 Å². The molecule has 0 unspecified atom stereocenters. The number of hydrogen-bond donors (Lipinski definition) is 2. The third kappa shape index (κ3) is 6.90. The second-order valence-electron chi connectivity index (χ2n) is 5.35. The fourth-order valence-electron chi connectivity index (χ4n) is 1.56. The topological polar surface area (TPSA) is 56.7 Å². The summed E-state index contributed by atoms with van der Waals surface area (Å²) in [5.74, 6) is -0.860. The van der Waals surface area contributed by atoms with E-state index in [1.165, 1.54) is 4.90 Å². The van der Waals surface area contributed by atoms with E-state index >= 15 is 0 Å². The molecule has 2 N–H and O–H groups in total. The van der Waals surface area contributed by atoms with Crippen LogP contribution in [0.5, 0.6) is 0 Å². The fraction of sp³-hybridized carbons (Fsp3) is 0.375. The third-order valence-electron chi connectivity index (χ3n) is 2.88. The van der Waals surface area contributed by atoms with Gasteiger partial charge in [0.15, 0.2) is 5.96 Å². The number of carbonyl (C=O) groups excluding carboxylic acids is 1. The lowest BCUT2D eigenvalue weighted by molar-refractivity contribution is -0.127. The Morgan fingerprint density at radius 1 is 1.26 bits per heavy atom. The van der Waals surface area contributed by atoms with Gasteiger partial charge < -0.3 is 15.5 Å². The Balaban J connectivity index is 2.78. The van der Waals surface area contributed by atoms with Gasteiger partial charge in [-0.3, -0.25) is 4.79 Å². The van der Waals surface area contributed by atoms with Crippen molar-refractivity contribution in [2.24, 2.45) is 4.99 Å². The average Bonchev–Trinajstić information content (AvgIpc) is 2.48.